The molecule has 1 aliphatic rings. The van der Waals surface area contributed by atoms with Crippen LogP contribution in [0.5, 0.6) is 0 Å². The highest BCUT2D eigenvalue weighted by atomic mass is 35.5. The minimum atomic E-state index is -3.59. The molecule has 1 atom stereocenters. The van der Waals surface area contributed by atoms with Gasteiger partial charge >= 0.3 is 5.97 Å². The number of rotatable bonds is 7. The monoisotopic (exact) mass is 422 g/mol. The first kappa shape index (κ1) is 20.3. The van der Waals surface area contributed by atoms with Crippen LogP contribution in [0.2, 0.25) is 5.02 Å². The Labute approximate surface area is 168 Å². The Hall–Kier alpha value is -2.42. The molecule has 0 unspecified atom stereocenters. The third-order valence-corrected chi connectivity index (χ3v) is 5.95. The highest BCUT2D eigenvalue weighted by molar-refractivity contribution is 7.89. The normalized spacial score (nSPS) is 14.9. The van der Waals surface area contributed by atoms with Gasteiger partial charge in [0.2, 0.25) is 10.0 Å². The van der Waals surface area contributed by atoms with E-state index in [-0.39, 0.29) is 16.5 Å². The molecular weight excluding hydrogens is 404 g/mol. The van der Waals surface area contributed by atoms with Gasteiger partial charge in [-0.2, -0.15) is 0 Å². The molecule has 1 amide bonds. The highest BCUT2D eigenvalue weighted by Gasteiger charge is 2.28. The van der Waals surface area contributed by atoms with Crippen LogP contribution in [0.25, 0.3) is 0 Å². The number of esters is 1. The quantitative estimate of drug-likeness (QED) is 0.668. The van der Waals surface area contributed by atoms with Gasteiger partial charge in [0.15, 0.2) is 6.10 Å². The number of para-hydroxylation sites is 1. The summed E-state index contributed by atoms with van der Waals surface area (Å²) in [7, 11) is -3.59. The maximum absolute atomic E-state index is 12.2. The van der Waals surface area contributed by atoms with Gasteiger partial charge in [-0.05, 0) is 56.2 Å². The second-order valence-electron chi connectivity index (χ2n) is 6.44. The number of carbonyl (C=O) groups is 2. The molecule has 148 valence electrons. The highest BCUT2D eigenvalue weighted by Crippen LogP contribution is 2.23. The van der Waals surface area contributed by atoms with E-state index in [0.717, 1.165) is 12.8 Å². The van der Waals surface area contributed by atoms with Crippen LogP contribution in [-0.4, -0.2) is 32.4 Å². The van der Waals surface area contributed by atoms with Crippen molar-refractivity contribution in [1.29, 1.82) is 0 Å². The van der Waals surface area contributed by atoms with Crippen molar-refractivity contribution in [2.24, 2.45) is 0 Å². The van der Waals surface area contributed by atoms with Gasteiger partial charge in [-0.15, -0.1) is 0 Å². The van der Waals surface area contributed by atoms with Gasteiger partial charge in [0, 0.05) is 6.04 Å². The second kappa shape index (κ2) is 8.30. The average Bonchev–Trinajstić information content (AvgIpc) is 3.47. The second-order valence-corrected chi connectivity index (χ2v) is 8.56. The molecule has 0 bridgehead atoms. The largest absolute Gasteiger partial charge is 0.449 e. The minimum absolute atomic E-state index is 0.00729. The molecule has 28 heavy (non-hydrogen) atoms. The van der Waals surface area contributed by atoms with Crippen molar-refractivity contribution in [3.8, 4) is 0 Å². The lowest BCUT2D eigenvalue weighted by Crippen LogP contribution is -2.30. The van der Waals surface area contributed by atoms with E-state index >= 15 is 0 Å². The van der Waals surface area contributed by atoms with Crippen molar-refractivity contribution >= 4 is 39.2 Å². The Balaban J connectivity index is 1.60. The van der Waals surface area contributed by atoms with Crippen LogP contribution in [0, 0.1) is 0 Å². The van der Waals surface area contributed by atoms with E-state index in [0.29, 0.717) is 10.7 Å². The maximum Gasteiger partial charge on any atom is 0.338 e. The topological polar surface area (TPSA) is 102 Å². The summed E-state index contributed by atoms with van der Waals surface area (Å²) < 4.78 is 32.0. The van der Waals surface area contributed by atoms with Gasteiger partial charge in [0.05, 0.1) is 21.2 Å². The lowest BCUT2D eigenvalue weighted by molar-refractivity contribution is -0.123. The predicted molar refractivity (Wildman–Crippen MR) is 105 cm³/mol. The standard InChI is InChI=1S/C19H19ClN2O5S/c1-12(18(23)21-17-5-3-2-4-16(17)20)27-19(24)13-6-10-15(11-7-13)28(25,26)22-14-8-9-14/h2-7,10-12,14,22H,8-9H2,1H3,(H,21,23)/t12-/m0/s1. The number of hydrogen-bond acceptors (Lipinski definition) is 5. The first-order valence-corrected chi connectivity index (χ1v) is 10.5. The Kier molecular flexibility index (Phi) is 6.02. The molecule has 1 saturated carbocycles. The SMILES string of the molecule is C[C@H](OC(=O)c1ccc(S(=O)(=O)NC2CC2)cc1)C(=O)Nc1ccccc1Cl. The van der Waals surface area contributed by atoms with Crippen molar-refractivity contribution in [1.82, 2.24) is 4.72 Å². The van der Waals surface area contributed by atoms with Crippen molar-refractivity contribution in [3.05, 3.63) is 59.1 Å². The van der Waals surface area contributed by atoms with Crippen LogP contribution in [-0.2, 0) is 19.6 Å². The van der Waals surface area contributed by atoms with Gasteiger partial charge in [-0.1, -0.05) is 23.7 Å². The minimum Gasteiger partial charge on any atom is -0.449 e. The molecule has 2 aromatic rings. The van der Waals surface area contributed by atoms with E-state index < -0.39 is 28.0 Å². The van der Waals surface area contributed by atoms with Crippen molar-refractivity contribution in [2.45, 2.75) is 36.8 Å². The molecule has 7 nitrogen and oxygen atoms in total. The third kappa shape index (κ3) is 5.09. The van der Waals surface area contributed by atoms with Crippen molar-refractivity contribution < 1.29 is 22.7 Å². The van der Waals surface area contributed by atoms with E-state index in [9.17, 15) is 18.0 Å². The Bertz CT molecular complexity index is 988. The lowest BCUT2D eigenvalue weighted by Gasteiger charge is -2.14. The summed E-state index contributed by atoms with van der Waals surface area (Å²) in [6.07, 6.45) is 0.596. The molecule has 0 aromatic heterocycles. The fourth-order valence-electron chi connectivity index (χ4n) is 2.34. The van der Waals surface area contributed by atoms with Crippen molar-refractivity contribution in [2.75, 3.05) is 5.32 Å². The van der Waals surface area contributed by atoms with Gasteiger partial charge < -0.3 is 10.1 Å². The summed E-state index contributed by atoms with van der Waals surface area (Å²) in [6.45, 7) is 1.43. The third-order valence-electron chi connectivity index (χ3n) is 4.08. The smallest absolute Gasteiger partial charge is 0.338 e. The molecule has 2 aromatic carbocycles. The fourth-order valence-corrected chi connectivity index (χ4v) is 3.83. The number of sulfonamides is 1. The Morgan fingerprint density at radius 1 is 1.11 bits per heavy atom. The van der Waals surface area contributed by atoms with E-state index in [1.165, 1.54) is 31.2 Å². The van der Waals surface area contributed by atoms with E-state index in [1.807, 2.05) is 0 Å². The van der Waals surface area contributed by atoms with Crippen LogP contribution in [0.15, 0.2) is 53.4 Å². The molecule has 0 radical (unpaired) electrons. The summed E-state index contributed by atoms with van der Waals surface area (Å²) in [5, 5.41) is 2.95. The number of anilines is 1. The Morgan fingerprint density at radius 3 is 2.36 bits per heavy atom. The maximum atomic E-state index is 12.2. The molecular formula is C19H19ClN2O5S. The van der Waals surface area contributed by atoms with Crippen LogP contribution < -0.4 is 10.0 Å². The Morgan fingerprint density at radius 2 is 1.75 bits per heavy atom. The van der Waals surface area contributed by atoms with Gasteiger partial charge in [0.1, 0.15) is 0 Å². The number of halogens is 1. The molecule has 3 rings (SSSR count). The molecule has 9 heteroatoms. The summed E-state index contributed by atoms with van der Waals surface area (Å²) in [5.74, 6) is -1.27. The van der Waals surface area contributed by atoms with Crippen LogP contribution in [0.1, 0.15) is 30.1 Å². The average molecular weight is 423 g/mol. The van der Waals surface area contributed by atoms with Crippen LogP contribution >= 0.6 is 11.6 Å². The number of ether oxygens (including phenoxy) is 1. The van der Waals surface area contributed by atoms with Crippen LogP contribution in [0.3, 0.4) is 0 Å². The molecule has 0 heterocycles. The first-order chi connectivity index (χ1) is 13.3. The zero-order valence-corrected chi connectivity index (χ0v) is 16.6. The molecule has 0 spiro atoms. The van der Waals surface area contributed by atoms with E-state index in [4.69, 9.17) is 16.3 Å². The van der Waals surface area contributed by atoms with Gasteiger partial charge in [0.25, 0.3) is 5.91 Å². The number of carbonyl (C=O) groups excluding carboxylic acids is 2. The molecule has 2 N–H and O–H groups in total. The molecule has 1 aliphatic carbocycles. The predicted octanol–water partition coefficient (Wildman–Crippen LogP) is 2.96. The zero-order valence-electron chi connectivity index (χ0n) is 15.0. The van der Waals surface area contributed by atoms with Gasteiger partial charge in [-0.3, -0.25) is 4.79 Å². The molecule has 1 fully saturated rings. The molecule has 0 aliphatic heterocycles. The number of amides is 1. The van der Waals surface area contributed by atoms with Crippen molar-refractivity contribution in [3.63, 3.8) is 0 Å². The summed E-state index contributed by atoms with van der Waals surface area (Å²) in [5.41, 5.74) is 0.553. The summed E-state index contributed by atoms with van der Waals surface area (Å²) in [6, 6.07) is 12.0. The van der Waals surface area contributed by atoms with Gasteiger partial charge in [-0.25, -0.2) is 17.9 Å². The zero-order chi connectivity index (χ0) is 20.3. The lowest BCUT2D eigenvalue weighted by atomic mass is 10.2. The number of hydrogen-bond donors (Lipinski definition) is 2. The first-order valence-electron chi connectivity index (χ1n) is 8.65. The summed E-state index contributed by atoms with van der Waals surface area (Å²) in [4.78, 5) is 24.5. The number of nitrogens with one attached hydrogen (secondary N) is 2. The summed E-state index contributed by atoms with van der Waals surface area (Å²) >= 11 is 5.98. The fraction of sp³-hybridized carbons (Fsp3) is 0.263. The number of benzene rings is 2. The van der Waals surface area contributed by atoms with E-state index in [2.05, 4.69) is 10.0 Å². The van der Waals surface area contributed by atoms with E-state index in [1.54, 1.807) is 24.3 Å². The molecule has 0 saturated heterocycles. The van der Waals surface area contributed by atoms with Crippen LogP contribution in [0.4, 0.5) is 5.69 Å².